The first-order chi connectivity index (χ1) is 8.78. The first-order valence-corrected chi connectivity index (χ1v) is 6.91. The third kappa shape index (κ3) is 2.16. The second kappa shape index (κ2) is 4.63. The molecule has 1 aliphatic rings. The molecule has 7 heteroatoms. The van der Waals surface area contributed by atoms with E-state index in [1.54, 1.807) is 18.5 Å². The van der Waals surface area contributed by atoms with Crippen molar-refractivity contribution in [3.8, 4) is 0 Å². The number of rotatable bonds is 3. The van der Waals surface area contributed by atoms with Crippen molar-refractivity contribution in [2.75, 3.05) is 0 Å². The quantitative estimate of drug-likeness (QED) is 0.856. The van der Waals surface area contributed by atoms with Gasteiger partial charge in [0.1, 0.15) is 5.54 Å². The molecule has 0 bridgehead atoms. The van der Waals surface area contributed by atoms with Crippen molar-refractivity contribution < 1.29 is 9.59 Å². The van der Waals surface area contributed by atoms with Gasteiger partial charge in [0.05, 0.1) is 22.4 Å². The van der Waals surface area contributed by atoms with Gasteiger partial charge in [-0.3, -0.25) is 14.8 Å². The number of carbonyl (C=O) groups is 2. The molecule has 19 heavy (non-hydrogen) atoms. The van der Waals surface area contributed by atoms with Gasteiger partial charge in [0.15, 0.2) is 0 Å². The highest BCUT2D eigenvalue weighted by Crippen LogP contribution is 2.28. The van der Waals surface area contributed by atoms with E-state index in [4.69, 9.17) is 0 Å². The summed E-state index contributed by atoms with van der Waals surface area (Å²) in [5.41, 5.74) is 0.990. The van der Waals surface area contributed by atoms with Crippen LogP contribution in [0.2, 0.25) is 0 Å². The van der Waals surface area contributed by atoms with Gasteiger partial charge in [0.25, 0.3) is 5.91 Å². The minimum atomic E-state index is -0.840. The molecule has 3 amide bonds. The Morgan fingerprint density at radius 1 is 1.37 bits per heavy atom. The van der Waals surface area contributed by atoms with Gasteiger partial charge in [0.2, 0.25) is 0 Å². The fourth-order valence-corrected chi connectivity index (χ4v) is 2.85. The zero-order valence-corrected chi connectivity index (χ0v) is 13.0. The number of halogens is 1. The fourth-order valence-electron chi connectivity index (χ4n) is 2.10. The highest BCUT2D eigenvalue weighted by atomic mass is 79.9. The van der Waals surface area contributed by atoms with E-state index in [9.17, 15) is 9.59 Å². The second-order valence-corrected chi connectivity index (χ2v) is 5.88. The van der Waals surface area contributed by atoms with Crippen LogP contribution < -0.4 is 5.32 Å². The lowest BCUT2D eigenvalue weighted by atomic mass is 10.0. The molecule has 0 saturated carbocycles. The Bertz CT molecular complexity index is 550. The maximum absolute atomic E-state index is 11.9. The number of imide groups is 1. The van der Waals surface area contributed by atoms with Gasteiger partial charge in [-0.05, 0) is 36.2 Å². The van der Waals surface area contributed by atoms with Gasteiger partial charge >= 0.3 is 6.03 Å². The number of amides is 3. The molecule has 0 spiro atoms. The number of aryl methyl sites for hydroxylation is 2. The molecular formula is C12H17BrN4O2. The highest BCUT2D eigenvalue weighted by molar-refractivity contribution is 9.10. The Labute approximate surface area is 120 Å². The van der Waals surface area contributed by atoms with E-state index in [1.807, 2.05) is 14.0 Å². The van der Waals surface area contributed by atoms with Gasteiger partial charge in [-0.2, -0.15) is 5.10 Å². The summed E-state index contributed by atoms with van der Waals surface area (Å²) >= 11 is 3.52. The van der Waals surface area contributed by atoms with E-state index >= 15 is 0 Å². The Balaban J connectivity index is 2.34. The number of aromatic nitrogens is 2. The summed E-state index contributed by atoms with van der Waals surface area (Å²) in [6.07, 6.45) is 0.808. The fraction of sp³-hybridized carbons (Fsp3) is 0.583. The van der Waals surface area contributed by atoms with Crippen LogP contribution in [0.4, 0.5) is 4.79 Å². The van der Waals surface area contributed by atoms with Crippen LogP contribution in [-0.2, 0) is 24.8 Å². The van der Waals surface area contributed by atoms with Crippen molar-refractivity contribution in [2.45, 2.75) is 39.3 Å². The Kier molecular flexibility index (Phi) is 3.42. The minimum absolute atomic E-state index is 0.272. The molecule has 1 aromatic rings. The third-order valence-electron chi connectivity index (χ3n) is 3.51. The number of carbonyl (C=O) groups excluding carboxylic acids is 2. The lowest BCUT2D eigenvalue weighted by Gasteiger charge is -2.27. The standard InChI is InChI=1S/C12H17BrN4O2/c1-5-7-9(13)8(16(4)15-7)6-17-11(19)14-10(18)12(17,2)3/h5-6H2,1-4H3,(H,14,18,19). The predicted octanol–water partition coefficient (Wildman–Crippen LogP) is 1.58. The normalized spacial score (nSPS) is 18.1. The zero-order chi connectivity index (χ0) is 14.4. The van der Waals surface area contributed by atoms with Crippen molar-refractivity contribution in [1.82, 2.24) is 20.0 Å². The van der Waals surface area contributed by atoms with E-state index in [0.717, 1.165) is 22.3 Å². The van der Waals surface area contributed by atoms with Crippen LogP contribution in [0.1, 0.15) is 32.2 Å². The first-order valence-electron chi connectivity index (χ1n) is 6.12. The maximum Gasteiger partial charge on any atom is 0.325 e. The van der Waals surface area contributed by atoms with E-state index in [-0.39, 0.29) is 11.9 Å². The average Bonchev–Trinajstić information content (AvgIpc) is 2.70. The number of hydrogen-bond acceptors (Lipinski definition) is 3. The van der Waals surface area contributed by atoms with Gasteiger partial charge in [0, 0.05) is 7.05 Å². The summed E-state index contributed by atoms with van der Waals surface area (Å²) < 4.78 is 2.65. The molecule has 1 saturated heterocycles. The van der Waals surface area contributed by atoms with Crippen molar-refractivity contribution in [2.24, 2.45) is 7.05 Å². The molecule has 104 valence electrons. The van der Waals surface area contributed by atoms with Crippen LogP contribution in [0.5, 0.6) is 0 Å². The zero-order valence-electron chi connectivity index (χ0n) is 11.5. The van der Waals surface area contributed by atoms with Gasteiger partial charge in [-0.25, -0.2) is 4.79 Å². The van der Waals surface area contributed by atoms with Gasteiger partial charge in [-0.1, -0.05) is 6.92 Å². The summed E-state index contributed by atoms with van der Waals surface area (Å²) in [6.45, 7) is 5.83. The number of nitrogens with one attached hydrogen (secondary N) is 1. The molecule has 1 N–H and O–H groups in total. The number of nitrogens with zero attached hydrogens (tertiary/aromatic N) is 3. The van der Waals surface area contributed by atoms with Crippen LogP contribution >= 0.6 is 15.9 Å². The van der Waals surface area contributed by atoms with Crippen LogP contribution in [0.25, 0.3) is 0 Å². The molecule has 1 fully saturated rings. The SMILES string of the molecule is CCc1nn(C)c(CN2C(=O)NC(=O)C2(C)C)c1Br. The summed E-state index contributed by atoms with van der Waals surface area (Å²) in [7, 11) is 1.84. The number of hydrogen-bond donors (Lipinski definition) is 1. The summed E-state index contributed by atoms with van der Waals surface area (Å²) in [5, 5.41) is 6.73. The monoisotopic (exact) mass is 328 g/mol. The molecule has 0 aliphatic carbocycles. The van der Waals surface area contributed by atoms with Gasteiger partial charge < -0.3 is 4.90 Å². The number of urea groups is 1. The van der Waals surface area contributed by atoms with E-state index in [1.165, 1.54) is 4.90 Å². The largest absolute Gasteiger partial charge is 0.325 e. The molecule has 0 unspecified atom stereocenters. The smallest absolute Gasteiger partial charge is 0.304 e. The van der Waals surface area contributed by atoms with Crippen LogP contribution in [-0.4, -0.2) is 32.2 Å². The molecule has 0 aromatic carbocycles. The van der Waals surface area contributed by atoms with Gasteiger partial charge in [-0.15, -0.1) is 0 Å². The Hall–Kier alpha value is -1.37. The summed E-state index contributed by atoms with van der Waals surface area (Å²) in [5.74, 6) is -0.272. The van der Waals surface area contributed by atoms with E-state index in [2.05, 4.69) is 26.3 Å². The Morgan fingerprint density at radius 2 is 2.00 bits per heavy atom. The average molecular weight is 329 g/mol. The van der Waals surface area contributed by atoms with Crippen molar-refractivity contribution in [1.29, 1.82) is 0 Å². The Morgan fingerprint density at radius 3 is 2.42 bits per heavy atom. The molecular weight excluding hydrogens is 312 g/mol. The lowest BCUT2D eigenvalue weighted by molar-refractivity contribution is -0.125. The van der Waals surface area contributed by atoms with Crippen molar-refractivity contribution in [3.05, 3.63) is 15.9 Å². The van der Waals surface area contributed by atoms with E-state index < -0.39 is 5.54 Å². The molecule has 0 atom stereocenters. The summed E-state index contributed by atoms with van der Waals surface area (Å²) in [4.78, 5) is 25.1. The van der Waals surface area contributed by atoms with Crippen LogP contribution in [0, 0.1) is 0 Å². The molecule has 2 rings (SSSR count). The molecule has 1 aliphatic heterocycles. The third-order valence-corrected chi connectivity index (χ3v) is 4.42. The van der Waals surface area contributed by atoms with Crippen LogP contribution in [0.15, 0.2) is 4.47 Å². The molecule has 2 heterocycles. The minimum Gasteiger partial charge on any atom is -0.304 e. The first kappa shape index (κ1) is 14.0. The molecule has 6 nitrogen and oxygen atoms in total. The van der Waals surface area contributed by atoms with E-state index in [0.29, 0.717) is 6.54 Å². The maximum atomic E-state index is 11.9. The molecule has 0 radical (unpaired) electrons. The second-order valence-electron chi connectivity index (χ2n) is 5.09. The van der Waals surface area contributed by atoms with Crippen LogP contribution in [0.3, 0.4) is 0 Å². The van der Waals surface area contributed by atoms with Crippen molar-refractivity contribution >= 4 is 27.9 Å². The summed E-state index contributed by atoms with van der Waals surface area (Å²) in [6, 6.07) is -0.360. The highest BCUT2D eigenvalue weighted by Gasteiger charge is 2.45. The lowest BCUT2D eigenvalue weighted by Crippen LogP contribution is -2.44. The van der Waals surface area contributed by atoms with Crippen molar-refractivity contribution in [3.63, 3.8) is 0 Å². The predicted molar refractivity (Wildman–Crippen MR) is 73.4 cm³/mol. The topological polar surface area (TPSA) is 67.2 Å². The molecule has 1 aromatic heterocycles.